The molecule has 0 aliphatic heterocycles. The van der Waals surface area contributed by atoms with E-state index in [9.17, 15) is 19.8 Å². The number of aliphatic hydroxyl groups is 2. The van der Waals surface area contributed by atoms with Crippen LogP contribution in [0.2, 0.25) is 0 Å². The van der Waals surface area contributed by atoms with E-state index < -0.39 is 12.1 Å². The number of esters is 1. The highest BCUT2D eigenvalue weighted by Crippen LogP contribution is 2.19. The Kier molecular flexibility index (Phi) is 66.4. The highest BCUT2D eigenvalue weighted by molar-refractivity contribution is 5.76. The van der Waals surface area contributed by atoms with Crippen LogP contribution in [0.25, 0.3) is 0 Å². The molecule has 6 nitrogen and oxygen atoms in total. The van der Waals surface area contributed by atoms with Crippen LogP contribution in [0.4, 0.5) is 0 Å². The van der Waals surface area contributed by atoms with Crippen molar-refractivity contribution in [2.75, 3.05) is 13.2 Å². The molecule has 0 aliphatic carbocycles. The standard InChI is InChI=1S/C72H139NO5/c1-3-5-7-9-11-13-15-17-19-21-22-23-27-30-33-36-40-44-48-52-56-60-64-70(75)69(68-74)73-71(76)65-61-57-53-49-45-41-37-34-31-28-25-24-26-29-32-35-39-43-47-51-55-59-63-67-78-72(77)66-62-58-54-50-46-42-38-20-18-16-14-12-10-8-6-4-2/h14,16,20,38,69-70,74-75H,3-13,15,17-19,21-37,39-68H2,1-2H3,(H,73,76)/b16-14-,38-20-. The van der Waals surface area contributed by atoms with Gasteiger partial charge in [0.25, 0.3) is 0 Å². The second kappa shape index (κ2) is 67.8. The van der Waals surface area contributed by atoms with E-state index in [0.29, 0.717) is 25.9 Å². The lowest BCUT2D eigenvalue weighted by Crippen LogP contribution is -2.45. The molecule has 0 saturated heterocycles. The summed E-state index contributed by atoms with van der Waals surface area (Å²) in [6.07, 6.45) is 85.0. The van der Waals surface area contributed by atoms with Crippen molar-refractivity contribution in [1.82, 2.24) is 5.32 Å². The minimum Gasteiger partial charge on any atom is -0.466 e. The fraction of sp³-hybridized carbons (Fsp3) is 0.917. The van der Waals surface area contributed by atoms with Crippen molar-refractivity contribution >= 4 is 11.9 Å². The molecule has 0 radical (unpaired) electrons. The average Bonchev–Trinajstić information content (AvgIpc) is 3.44. The number of hydrogen-bond acceptors (Lipinski definition) is 5. The number of carbonyl (C=O) groups is 2. The number of rotatable bonds is 67. The van der Waals surface area contributed by atoms with Crippen LogP contribution in [0.15, 0.2) is 24.3 Å². The van der Waals surface area contributed by atoms with Crippen LogP contribution in [0.5, 0.6) is 0 Å². The van der Waals surface area contributed by atoms with Gasteiger partial charge in [0.05, 0.1) is 25.4 Å². The maximum Gasteiger partial charge on any atom is 0.305 e. The first-order chi connectivity index (χ1) is 38.5. The van der Waals surface area contributed by atoms with Crippen molar-refractivity contribution in [3.8, 4) is 0 Å². The lowest BCUT2D eigenvalue weighted by atomic mass is 10.0. The highest BCUT2D eigenvalue weighted by Gasteiger charge is 2.20. The number of aliphatic hydroxyl groups excluding tert-OH is 2. The van der Waals surface area contributed by atoms with E-state index in [1.54, 1.807) is 0 Å². The summed E-state index contributed by atoms with van der Waals surface area (Å²) in [6.45, 7) is 4.97. The molecule has 3 N–H and O–H groups in total. The van der Waals surface area contributed by atoms with Gasteiger partial charge in [-0.15, -0.1) is 0 Å². The van der Waals surface area contributed by atoms with Crippen molar-refractivity contribution in [3.63, 3.8) is 0 Å². The summed E-state index contributed by atoms with van der Waals surface area (Å²) in [7, 11) is 0. The van der Waals surface area contributed by atoms with Gasteiger partial charge in [-0.1, -0.05) is 353 Å². The molecule has 0 heterocycles. The van der Waals surface area contributed by atoms with Gasteiger partial charge in [0, 0.05) is 12.8 Å². The number of allylic oxidation sites excluding steroid dienone is 4. The summed E-state index contributed by atoms with van der Waals surface area (Å²) in [6, 6.07) is -0.542. The van der Waals surface area contributed by atoms with Crippen molar-refractivity contribution in [2.45, 2.75) is 411 Å². The van der Waals surface area contributed by atoms with Gasteiger partial charge in [-0.05, 0) is 57.8 Å². The fourth-order valence-electron chi connectivity index (χ4n) is 11.3. The summed E-state index contributed by atoms with van der Waals surface area (Å²) in [5, 5.41) is 23.4. The first-order valence-corrected chi connectivity index (χ1v) is 35.6. The molecule has 2 unspecified atom stereocenters. The minimum atomic E-state index is -0.665. The van der Waals surface area contributed by atoms with Crippen molar-refractivity contribution in [1.29, 1.82) is 0 Å². The lowest BCUT2D eigenvalue weighted by Gasteiger charge is -2.22. The van der Waals surface area contributed by atoms with E-state index in [1.165, 1.54) is 315 Å². The first-order valence-electron chi connectivity index (χ1n) is 35.6. The van der Waals surface area contributed by atoms with E-state index >= 15 is 0 Å². The Morgan fingerprint density at radius 2 is 0.641 bits per heavy atom. The molecular weight excluding hydrogens is 959 g/mol. The van der Waals surface area contributed by atoms with Gasteiger partial charge in [0.15, 0.2) is 0 Å². The molecule has 462 valence electrons. The number of hydrogen-bond donors (Lipinski definition) is 3. The van der Waals surface area contributed by atoms with E-state index in [1.807, 2.05) is 0 Å². The Morgan fingerprint density at radius 3 is 0.987 bits per heavy atom. The SMILES string of the molecule is CCCCCC/C=C\C/C=C\CCCCCCCC(=O)OCCCCCCCCCCCCCCCCCCCCCCCCCC(=O)NC(CO)C(O)CCCCCCCCCCCCCCCCCCCCCCCC. The number of carbonyl (C=O) groups excluding carboxylic acids is 2. The molecule has 0 saturated carbocycles. The molecule has 0 bridgehead atoms. The van der Waals surface area contributed by atoms with E-state index in [0.717, 1.165) is 51.4 Å². The molecule has 0 aliphatic rings. The van der Waals surface area contributed by atoms with Gasteiger partial charge in [-0.25, -0.2) is 0 Å². The molecule has 0 rings (SSSR count). The molecule has 2 atom stereocenters. The lowest BCUT2D eigenvalue weighted by molar-refractivity contribution is -0.143. The number of unbranched alkanes of at least 4 members (excludes halogenated alkanes) is 52. The third-order valence-corrected chi connectivity index (χ3v) is 16.8. The zero-order chi connectivity index (χ0) is 56.4. The summed E-state index contributed by atoms with van der Waals surface area (Å²) < 4.78 is 5.49. The van der Waals surface area contributed by atoms with Gasteiger partial charge < -0.3 is 20.3 Å². The van der Waals surface area contributed by atoms with Gasteiger partial charge >= 0.3 is 5.97 Å². The van der Waals surface area contributed by atoms with Gasteiger partial charge in [0.1, 0.15) is 0 Å². The molecule has 0 aromatic carbocycles. The molecule has 6 heteroatoms. The number of nitrogens with one attached hydrogen (secondary N) is 1. The Morgan fingerprint density at radius 1 is 0.359 bits per heavy atom. The van der Waals surface area contributed by atoms with Gasteiger partial charge in [0.2, 0.25) is 5.91 Å². The van der Waals surface area contributed by atoms with E-state index in [4.69, 9.17) is 4.74 Å². The first kappa shape index (κ1) is 76.3. The largest absolute Gasteiger partial charge is 0.466 e. The van der Waals surface area contributed by atoms with Crippen LogP contribution >= 0.6 is 0 Å². The third-order valence-electron chi connectivity index (χ3n) is 16.8. The Balaban J connectivity index is 3.38. The van der Waals surface area contributed by atoms with Crippen LogP contribution in [0.1, 0.15) is 399 Å². The summed E-state index contributed by atoms with van der Waals surface area (Å²) in [5.74, 6) is -0.0281. The topological polar surface area (TPSA) is 95.9 Å². The summed E-state index contributed by atoms with van der Waals surface area (Å²) >= 11 is 0. The fourth-order valence-corrected chi connectivity index (χ4v) is 11.3. The van der Waals surface area contributed by atoms with Crippen molar-refractivity contribution in [3.05, 3.63) is 24.3 Å². The van der Waals surface area contributed by atoms with E-state index in [-0.39, 0.29) is 18.5 Å². The van der Waals surface area contributed by atoms with Gasteiger partial charge in [-0.2, -0.15) is 0 Å². The normalized spacial score (nSPS) is 12.6. The predicted octanol–water partition coefficient (Wildman–Crippen LogP) is 22.9. The zero-order valence-corrected chi connectivity index (χ0v) is 52.9. The molecular formula is C72H139NO5. The second-order valence-electron chi connectivity index (χ2n) is 24.6. The molecule has 78 heavy (non-hydrogen) atoms. The smallest absolute Gasteiger partial charge is 0.305 e. The monoisotopic (exact) mass is 1100 g/mol. The quantitative estimate of drug-likeness (QED) is 0.0320. The van der Waals surface area contributed by atoms with Gasteiger partial charge in [-0.3, -0.25) is 9.59 Å². The molecule has 1 amide bonds. The molecule has 0 aromatic rings. The maximum atomic E-state index is 12.6. The summed E-state index contributed by atoms with van der Waals surface area (Å²) in [4.78, 5) is 24.6. The van der Waals surface area contributed by atoms with Crippen LogP contribution in [-0.2, 0) is 14.3 Å². The number of ether oxygens (including phenoxy) is 1. The molecule has 0 spiro atoms. The van der Waals surface area contributed by atoms with E-state index in [2.05, 4.69) is 43.5 Å². The van der Waals surface area contributed by atoms with Crippen LogP contribution in [0, 0.1) is 0 Å². The second-order valence-corrected chi connectivity index (χ2v) is 24.6. The Bertz CT molecular complexity index is 1220. The maximum absolute atomic E-state index is 12.6. The van der Waals surface area contributed by atoms with Crippen molar-refractivity contribution in [2.24, 2.45) is 0 Å². The van der Waals surface area contributed by atoms with Crippen LogP contribution < -0.4 is 5.32 Å². The number of amides is 1. The highest BCUT2D eigenvalue weighted by atomic mass is 16.5. The predicted molar refractivity (Wildman–Crippen MR) is 343 cm³/mol. The Hall–Kier alpha value is -1.66. The molecule has 0 fully saturated rings. The average molecular weight is 1100 g/mol. The van der Waals surface area contributed by atoms with Crippen molar-refractivity contribution < 1.29 is 24.5 Å². The molecule has 0 aromatic heterocycles. The van der Waals surface area contributed by atoms with Crippen LogP contribution in [-0.4, -0.2) is 47.4 Å². The minimum absolute atomic E-state index is 0.00193. The van der Waals surface area contributed by atoms with Crippen LogP contribution in [0.3, 0.4) is 0 Å². The third kappa shape index (κ3) is 63.5. The Labute approximate surface area is 488 Å². The summed E-state index contributed by atoms with van der Waals surface area (Å²) in [5.41, 5.74) is 0. The zero-order valence-electron chi connectivity index (χ0n) is 52.9.